The number of allylic oxidation sites excluding steroid dienone is 3. The van der Waals surface area contributed by atoms with Crippen molar-refractivity contribution in [3.8, 4) is 0 Å². The Hall–Kier alpha value is -2.62. The van der Waals surface area contributed by atoms with Crippen LogP contribution in [0.1, 0.15) is 18.5 Å². The van der Waals surface area contributed by atoms with Gasteiger partial charge in [0.25, 0.3) is 0 Å². The Morgan fingerprint density at radius 1 is 1.38 bits per heavy atom. The second-order valence-corrected chi connectivity index (χ2v) is 5.86. The summed E-state index contributed by atoms with van der Waals surface area (Å²) in [7, 11) is 0. The summed E-state index contributed by atoms with van der Waals surface area (Å²) in [5, 5.41) is 3.42. The van der Waals surface area contributed by atoms with Crippen molar-refractivity contribution >= 4 is 0 Å². The fraction of sp³-hybridized carbons (Fsp3) is 0.300. The predicted molar refractivity (Wildman–Crippen MR) is 100 cm³/mol. The third-order valence-electron chi connectivity index (χ3n) is 4.20. The molecular formula is C20H26N4. The molecule has 0 aliphatic carbocycles. The Balaban J connectivity index is 1.95. The lowest BCUT2D eigenvalue weighted by atomic mass is 10.1. The van der Waals surface area contributed by atoms with Gasteiger partial charge in [-0.05, 0) is 24.5 Å². The van der Waals surface area contributed by atoms with Crippen molar-refractivity contribution in [2.45, 2.75) is 25.3 Å². The maximum absolute atomic E-state index is 4.29. The third-order valence-corrected chi connectivity index (χ3v) is 4.20. The van der Waals surface area contributed by atoms with Crippen molar-refractivity contribution in [2.24, 2.45) is 0 Å². The molecule has 1 unspecified atom stereocenters. The van der Waals surface area contributed by atoms with Gasteiger partial charge in [0.1, 0.15) is 6.33 Å². The number of aromatic nitrogens is 2. The van der Waals surface area contributed by atoms with Crippen LogP contribution in [-0.4, -0.2) is 34.0 Å². The van der Waals surface area contributed by atoms with Gasteiger partial charge in [-0.2, -0.15) is 0 Å². The summed E-state index contributed by atoms with van der Waals surface area (Å²) in [6, 6.07) is 2.20. The monoisotopic (exact) mass is 322 g/mol. The van der Waals surface area contributed by atoms with Crippen molar-refractivity contribution in [1.82, 2.24) is 20.2 Å². The Kier molecular flexibility index (Phi) is 6.55. The van der Waals surface area contributed by atoms with Gasteiger partial charge in [-0.15, -0.1) is 0 Å². The van der Waals surface area contributed by atoms with Crippen LogP contribution in [0.5, 0.6) is 0 Å². The lowest BCUT2D eigenvalue weighted by Crippen LogP contribution is -2.36. The Bertz CT molecular complexity index is 630. The fourth-order valence-electron chi connectivity index (χ4n) is 2.92. The van der Waals surface area contributed by atoms with E-state index in [4.69, 9.17) is 0 Å². The molecule has 0 radical (unpaired) electrons. The topological polar surface area (TPSA) is 41.0 Å². The molecule has 24 heavy (non-hydrogen) atoms. The Labute approximate surface area is 145 Å². The largest absolute Gasteiger partial charge is 0.383 e. The first kappa shape index (κ1) is 17.7. The van der Waals surface area contributed by atoms with E-state index in [-0.39, 0.29) is 6.04 Å². The normalized spacial score (nSPS) is 17.4. The van der Waals surface area contributed by atoms with Gasteiger partial charge < -0.3 is 10.2 Å². The summed E-state index contributed by atoms with van der Waals surface area (Å²) in [5.41, 5.74) is 4.18. The molecule has 0 amide bonds. The molecule has 4 heteroatoms. The van der Waals surface area contributed by atoms with E-state index in [1.54, 1.807) is 18.6 Å². The maximum Gasteiger partial charge on any atom is 0.115 e. The molecule has 1 aliphatic heterocycles. The number of hydrogen-bond acceptors (Lipinski definition) is 4. The van der Waals surface area contributed by atoms with Crippen LogP contribution in [0.15, 0.2) is 80.1 Å². The molecule has 1 atom stereocenters. The van der Waals surface area contributed by atoms with E-state index in [1.807, 2.05) is 18.2 Å². The molecule has 1 saturated heterocycles. The third kappa shape index (κ3) is 4.69. The van der Waals surface area contributed by atoms with E-state index in [1.165, 1.54) is 0 Å². The van der Waals surface area contributed by atoms with Crippen LogP contribution >= 0.6 is 0 Å². The number of likely N-dealkylation sites (tertiary alicyclic amines) is 1. The molecule has 126 valence electrons. The lowest BCUT2D eigenvalue weighted by Gasteiger charge is -2.30. The second kappa shape index (κ2) is 8.87. The van der Waals surface area contributed by atoms with E-state index in [0.29, 0.717) is 6.54 Å². The van der Waals surface area contributed by atoms with Gasteiger partial charge in [0, 0.05) is 42.8 Å². The van der Waals surface area contributed by atoms with Crippen LogP contribution in [0, 0.1) is 0 Å². The van der Waals surface area contributed by atoms with Gasteiger partial charge in [-0.1, -0.05) is 44.5 Å². The highest BCUT2D eigenvalue weighted by molar-refractivity contribution is 5.24. The molecule has 1 N–H and O–H groups in total. The molecule has 1 aromatic rings. The number of nitrogens with zero attached hydrogens (tertiary/aromatic N) is 3. The average Bonchev–Trinajstić information content (AvgIpc) is 3.09. The minimum atomic E-state index is 0.272. The highest BCUT2D eigenvalue weighted by Crippen LogP contribution is 2.26. The fourth-order valence-corrected chi connectivity index (χ4v) is 2.92. The Morgan fingerprint density at radius 3 is 2.88 bits per heavy atom. The summed E-state index contributed by atoms with van der Waals surface area (Å²) in [6.07, 6.45) is 11.9. The van der Waals surface area contributed by atoms with Crippen LogP contribution in [0.4, 0.5) is 0 Å². The minimum Gasteiger partial charge on any atom is -0.383 e. The first-order valence-corrected chi connectivity index (χ1v) is 8.21. The van der Waals surface area contributed by atoms with Gasteiger partial charge >= 0.3 is 0 Å². The van der Waals surface area contributed by atoms with Crippen molar-refractivity contribution < 1.29 is 0 Å². The molecule has 4 nitrogen and oxygen atoms in total. The van der Waals surface area contributed by atoms with Crippen LogP contribution in [-0.2, 0) is 6.42 Å². The summed E-state index contributed by atoms with van der Waals surface area (Å²) in [6.45, 7) is 17.8. The first-order valence-electron chi connectivity index (χ1n) is 8.21. The van der Waals surface area contributed by atoms with Gasteiger partial charge in [-0.3, -0.25) is 0 Å². The SMILES string of the molecule is C=C/C=C(\C=C)CNC(=C)C1CCCN1C(=C)Cc1ccncn1. The molecular weight excluding hydrogens is 296 g/mol. The molecule has 1 aliphatic rings. The van der Waals surface area contributed by atoms with E-state index in [9.17, 15) is 0 Å². The highest BCUT2D eigenvalue weighted by Gasteiger charge is 2.27. The molecule has 2 heterocycles. The average molecular weight is 322 g/mol. The van der Waals surface area contributed by atoms with Crippen molar-refractivity contribution in [3.63, 3.8) is 0 Å². The first-order chi connectivity index (χ1) is 11.7. The van der Waals surface area contributed by atoms with Crippen molar-refractivity contribution in [3.05, 3.63) is 85.8 Å². The highest BCUT2D eigenvalue weighted by atomic mass is 15.2. The van der Waals surface area contributed by atoms with Crippen LogP contribution in [0.2, 0.25) is 0 Å². The summed E-state index contributed by atoms with van der Waals surface area (Å²) >= 11 is 0. The summed E-state index contributed by atoms with van der Waals surface area (Å²) in [4.78, 5) is 10.6. The second-order valence-electron chi connectivity index (χ2n) is 5.86. The summed E-state index contributed by atoms with van der Waals surface area (Å²) in [5.74, 6) is 0. The Morgan fingerprint density at radius 2 is 2.21 bits per heavy atom. The van der Waals surface area contributed by atoms with Crippen molar-refractivity contribution in [2.75, 3.05) is 13.1 Å². The quantitative estimate of drug-likeness (QED) is 0.708. The maximum atomic E-state index is 4.29. The van der Waals surface area contributed by atoms with Crippen molar-refractivity contribution in [1.29, 1.82) is 0 Å². The van der Waals surface area contributed by atoms with Gasteiger partial charge in [0.2, 0.25) is 0 Å². The molecule has 1 fully saturated rings. The molecule has 0 bridgehead atoms. The van der Waals surface area contributed by atoms with E-state index in [2.05, 4.69) is 46.5 Å². The molecule has 2 rings (SSSR count). The zero-order valence-corrected chi connectivity index (χ0v) is 14.2. The van der Waals surface area contributed by atoms with E-state index >= 15 is 0 Å². The van der Waals surface area contributed by atoms with Crippen LogP contribution in [0.25, 0.3) is 0 Å². The zero-order valence-electron chi connectivity index (χ0n) is 14.2. The number of rotatable bonds is 9. The smallest absolute Gasteiger partial charge is 0.115 e. The lowest BCUT2D eigenvalue weighted by molar-refractivity contribution is 0.338. The zero-order chi connectivity index (χ0) is 17.4. The standard InChI is InChI=1S/C20H26N4/c1-5-8-18(6-2)14-22-17(4)20-9-7-12-24(20)16(3)13-19-10-11-21-15-23-19/h5-6,8,10-11,15,20,22H,1-4,7,9,12-14H2/b18-8+. The van der Waals surface area contributed by atoms with Gasteiger partial charge in [0.15, 0.2) is 0 Å². The predicted octanol–water partition coefficient (Wildman–Crippen LogP) is 3.40. The molecule has 0 saturated carbocycles. The number of hydrogen-bond donors (Lipinski definition) is 1. The minimum absolute atomic E-state index is 0.272. The molecule has 0 aromatic carbocycles. The van der Waals surface area contributed by atoms with Gasteiger partial charge in [0.05, 0.1) is 6.04 Å². The molecule has 0 spiro atoms. The van der Waals surface area contributed by atoms with Gasteiger partial charge in [-0.25, -0.2) is 9.97 Å². The van der Waals surface area contributed by atoms with E-state index < -0.39 is 0 Å². The van der Waals surface area contributed by atoms with Crippen LogP contribution < -0.4 is 5.32 Å². The van der Waals surface area contributed by atoms with Crippen LogP contribution in [0.3, 0.4) is 0 Å². The number of nitrogens with one attached hydrogen (secondary N) is 1. The summed E-state index contributed by atoms with van der Waals surface area (Å²) < 4.78 is 0. The molecule has 1 aromatic heterocycles. The van der Waals surface area contributed by atoms with E-state index in [0.717, 1.165) is 48.5 Å².